The van der Waals surface area contributed by atoms with Crippen LogP contribution in [-0.2, 0) is 16.6 Å². The van der Waals surface area contributed by atoms with Crippen LogP contribution in [0.25, 0.3) is 0 Å². The van der Waals surface area contributed by atoms with Crippen LogP contribution in [-0.4, -0.2) is 38.5 Å². The molecule has 1 N–H and O–H groups in total. The molecule has 0 spiro atoms. The van der Waals surface area contributed by atoms with Crippen molar-refractivity contribution in [3.63, 3.8) is 0 Å². The molecule has 0 unspecified atom stereocenters. The predicted octanol–water partition coefficient (Wildman–Crippen LogP) is 2.51. The molecule has 0 atom stereocenters. The van der Waals surface area contributed by atoms with Crippen molar-refractivity contribution in [3.05, 3.63) is 22.7 Å². The second kappa shape index (κ2) is 6.52. The summed E-state index contributed by atoms with van der Waals surface area (Å²) in [4.78, 5) is -0.0340. The Morgan fingerprint density at radius 3 is 2.33 bits per heavy atom. The summed E-state index contributed by atoms with van der Waals surface area (Å²) < 4.78 is 31.9. The van der Waals surface area contributed by atoms with Gasteiger partial charge in [0.15, 0.2) is 0 Å². The van der Waals surface area contributed by atoms with E-state index >= 15 is 0 Å². The van der Waals surface area contributed by atoms with E-state index in [0.29, 0.717) is 12.1 Å². The van der Waals surface area contributed by atoms with E-state index in [1.165, 1.54) is 30.6 Å². The summed E-state index contributed by atoms with van der Waals surface area (Å²) in [5.41, 5.74) is 0.153. The quantitative estimate of drug-likeness (QED) is 0.897. The summed E-state index contributed by atoms with van der Waals surface area (Å²) in [6.07, 6.45) is 0. The van der Waals surface area contributed by atoms with Crippen molar-refractivity contribution in [2.24, 2.45) is 5.41 Å². The molecule has 0 heterocycles. The highest BCUT2D eigenvalue weighted by Gasteiger charge is 2.29. The van der Waals surface area contributed by atoms with E-state index in [1.54, 1.807) is 0 Å². The molecular weight excluding hydrogens is 314 g/mol. The smallest absolute Gasteiger partial charge is 0.246 e. The Balaban J connectivity index is 3.40. The first-order valence-corrected chi connectivity index (χ1v) is 8.28. The minimum absolute atomic E-state index is 0.0340. The summed E-state index contributed by atoms with van der Waals surface area (Å²) in [6, 6.07) is 2.83. The summed E-state index contributed by atoms with van der Waals surface area (Å²) in [6.45, 7) is 5.85. The Bertz CT molecular complexity index is 608. The second-order valence-corrected chi connectivity index (χ2v) is 8.53. The first-order valence-electron chi connectivity index (χ1n) is 6.46. The van der Waals surface area contributed by atoms with Crippen LogP contribution in [0.4, 0.5) is 0 Å². The molecule has 0 aliphatic rings. The number of benzene rings is 1. The van der Waals surface area contributed by atoms with Gasteiger partial charge in [-0.25, -0.2) is 12.7 Å². The lowest BCUT2D eigenvalue weighted by Gasteiger charge is -2.27. The molecule has 7 heteroatoms. The number of ether oxygens (including phenoxy) is 1. The summed E-state index contributed by atoms with van der Waals surface area (Å²) in [7, 11) is -0.878. The van der Waals surface area contributed by atoms with Gasteiger partial charge in [0.25, 0.3) is 0 Å². The van der Waals surface area contributed by atoms with E-state index in [9.17, 15) is 13.5 Å². The van der Waals surface area contributed by atoms with Crippen molar-refractivity contribution in [1.29, 1.82) is 0 Å². The molecular formula is C14H22ClNO4S. The van der Waals surface area contributed by atoms with Crippen molar-refractivity contribution in [1.82, 2.24) is 4.31 Å². The molecule has 120 valence electrons. The summed E-state index contributed by atoms with van der Waals surface area (Å²) in [5, 5.41) is 9.58. The van der Waals surface area contributed by atoms with Crippen molar-refractivity contribution in [2.45, 2.75) is 32.3 Å². The van der Waals surface area contributed by atoms with Gasteiger partial charge in [0.05, 0.1) is 13.7 Å². The van der Waals surface area contributed by atoms with E-state index in [2.05, 4.69) is 0 Å². The van der Waals surface area contributed by atoms with Crippen molar-refractivity contribution >= 4 is 21.6 Å². The fourth-order valence-electron chi connectivity index (χ4n) is 2.08. The first-order chi connectivity index (χ1) is 9.52. The Labute approximate surface area is 131 Å². The lowest BCUT2D eigenvalue weighted by atomic mass is 9.97. The molecule has 5 nitrogen and oxygen atoms in total. The van der Waals surface area contributed by atoms with Gasteiger partial charge in [-0.3, -0.25) is 0 Å². The number of aliphatic hydroxyl groups excluding tert-OH is 1. The molecule has 1 rings (SSSR count). The van der Waals surface area contributed by atoms with Gasteiger partial charge >= 0.3 is 0 Å². The lowest BCUT2D eigenvalue weighted by Crippen LogP contribution is -2.34. The van der Waals surface area contributed by atoms with Gasteiger partial charge in [0.2, 0.25) is 10.0 Å². The van der Waals surface area contributed by atoms with Crippen LogP contribution in [0.3, 0.4) is 0 Å². The largest absolute Gasteiger partial charge is 0.495 e. The molecule has 0 saturated heterocycles. The third-order valence-electron chi connectivity index (χ3n) is 2.86. The fourth-order valence-corrected chi connectivity index (χ4v) is 4.01. The summed E-state index contributed by atoms with van der Waals surface area (Å²) in [5.74, 6) is 0.127. The number of rotatable bonds is 5. The minimum Gasteiger partial charge on any atom is -0.495 e. The highest BCUT2D eigenvalue weighted by molar-refractivity contribution is 7.89. The zero-order valence-corrected chi connectivity index (χ0v) is 14.5. The van der Waals surface area contributed by atoms with E-state index in [-0.39, 0.29) is 27.7 Å². The highest BCUT2D eigenvalue weighted by Crippen LogP contribution is 2.34. The number of nitrogens with zero attached hydrogens (tertiary/aromatic N) is 1. The van der Waals surface area contributed by atoms with Crippen LogP contribution in [0.2, 0.25) is 5.02 Å². The third kappa shape index (κ3) is 4.32. The van der Waals surface area contributed by atoms with Crippen LogP contribution in [0.5, 0.6) is 5.75 Å². The zero-order chi connectivity index (χ0) is 16.4. The first kappa shape index (κ1) is 18.2. The molecule has 0 fully saturated rings. The molecule has 0 bridgehead atoms. The zero-order valence-electron chi connectivity index (χ0n) is 13.0. The van der Waals surface area contributed by atoms with Crippen LogP contribution < -0.4 is 4.74 Å². The maximum absolute atomic E-state index is 12.7. The van der Waals surface area contributed by atoms with Crippen molar-refractivity contribution < 1.29 is 18.3 Å². The van der Waals surface area contributed by atoms with Gasteiger partial charge in [0.1, 0.15) is 10.6 Å². The van der Waals surface area contributed by atoms with Gasteiger partial charge in [-0.05, 0) is 17.5 Å². The van der Waals surface area contributed by atoms with Gasteiger partial charge in [-0.1, -0.05) is 32.4 Å². The Kier molecular flexibility index (Phi) is 5.66. The van der Waals surface area contributed by atoms with Crippen LogP contribution in [0.15, 0.2) is 17.0 Å². The van der Waals surface area contributed by atoms with E-state index < -0.39 is 10.0 Å². The third-order valence-corrected chi connectivity index (χ3v) is 4.88. The molecule has 0 aliphatic heterocycles. The standard InChI is InChI=1S/C14H22ClNO4S/c1-14(2,3)9-16(4)21(18,19)12-7-11(15)6-10(8-17)13(12)20-5/h6-7,17H,8-9H2,1-5H3. The number of methoxy groups -OCH3 is 1. The number of hydrogen-bond donors (Lipinski definition) is 1. The molecule has 0 amide bonds. The molecule has 0 aliphatic carbocycles. The Morgan fingerprint density at radius 1 is 1.33 bits per heavy atom. The van der Waals surface area contributed by atoms with Crippen LogP contribution in [0, 0.1) is 5.41 Å². The second-order valence-electron chi connectivity index (χ2n) is 6.08. The fraction of sp³-hybridized carbons (Fsp3) is 0.571. The minimum atomic E-state index is -3.76. The van der Waals surface area contributed by atoms with E-state index in [4.69, 9.17) is 16.3 Å². The number of hydrogen-bond acceptors (Lipinski definition) is 4. The number of sulfonamides is 1. The van der Waals surface area contributed by atoms with E-state index in [0.717, 1.165) is 0 Å². The molecule has 1 aromatic carbocycles. The van der Waals surface area contributed by atoms with Crippen LogP contribution >= 0.6 is 11.6 Å². The average molecular weight is 336 g/mol. The molecule has 0 aromatic heterocycles. The predicted molar refractivity (Wildman–Crippen MR) is 83.2 cm³/mol. The molecule has 0 saturated carbocycles. The lowest BCUT2D eigenvalue weighted by molar-refractivity contribution is 0.272. The Hall–Kier alpha value is -0.820. The maximum Gasteiger partial charge on any atom is 0.246 e. The average Bonchev–Trinajstić information content (AvgIpc) is 2.35. The maximum atomic E-state index is 12.7. The Morgan fingerprint density at radius 2 is 1.90 bits per heavy atom. The molecule has 0 radical (unpaired) electrons. The topological polar surface area (TPSA) is 66.8 Å². The van der Waals surface area contributed by atoms with Crippen LogP contribution in [0.1, 0.15) is 26.3 Å². The van der Waals surface area contributed by atoms with Crippen molar-refractivity contribution in [2.75, 3.05) is 20.7 Å². The van der Waals surface area contributed by atoms with Crippen molar-refractivity contribution in [3.8, 4) is 5.75 Å². The van der Waals surface area contributed by atoms with E-state index in [1.807, 2.05) is 20.8 Å². The normalized spacial score (nSPS) is 12.8. The summed E-state index contributed by atoms with van der Waals surface area (Å²) >= 11 is 5.95. The number of aliphatic hydroxyl groups is 1. The highest BCUT2D eigenvalue weighted by atomic mass is 35.5. The van der Waals surface area contributed by atoms with Gasteiger partial charge < -0.3 is 9.84 Å². The molecule has 1 aromatic rings. The molecule has 21 heavy (non-hydrogen) atoms. The number of halogens is 1. The van der Waals surface area contributed by atoms with Gasteiger partial charge in [0, 0.05) is 24.2 Å². The van der Waals surface area contributed by atoms with Gasteiger partial charge in [-0.2, -0.15) is 0 Å². The van der Waals surface area contributed by atoms with Gasteiger partial charge in [-0.15, -0.1) is 0 Å². The SMILES string of the molecule is COc1c(CO)cc(Cl)cc1S(=O)(=O)N(C)CC(C)(C)C. The monoisotopic (exact) mass is 335 g/mol.